The molecule has 6 rings (SSSR count). The SMILES string of the molecule is COC(=O)c1ccc(-c2ccc3c(n2)Oc2c(F)cccc2C3C(C)(C)c2nc3nccnc3[nH]2)cn1. The number of fused-ring (bicyclic) bond motifs is 3. The number of halogens is 1. The molecule has 0 bridgehead atoms. The number of carbonyl (C=O) groups excluding carboxylic acids is 1. The minimum absolute atomic E-state index is 0.129. The van der Waals surface area contributed by atoms with Crippen LogP contribution in [0.25, 0.3) is 22.6 Å². The van der Waals surface area contributed by atoms with E-state index in [1.807, 2.05) is 32.0 Å². The Labute approximate surface area is 210 Å². The molecule has 1 aromatic carbocycles. The Kier molecular flexibility index (Phi) is 5.18. The van der Waals surface area contributed by atoms with Crippen LogP contribution in [0.5, 0.6) is 11.6 Å². The highest BCUT2D eigenvalue weighted by atomic mass is 19.1. The lowest BCUT2D eigenvalue weighted by molar-refractivity contribution is 0.0594. The Morgan fingerprint density at radius 3 is 2.62 bits per heavy atom. The van der Waals surface area contributed by atoms with E-state index in [1.54, 1.807) is 30.6 Å². The Morgan fingerprint density at radius 2 is 1.86 bits per heavy atom. The third kappa shape index (κ3) is 3.68. The Hall–Kier alpha value is -4.73. The number of methoxy groups -OCH3 is 1. The first kappa shape index (κ1) is 22.7. The lowest BCUT2D eigenvalue weighted by atomic mass is 9.69. The number of nitrogens with zero attached hydrogens (tertiary/aromatic N) is 5. The summed E-state index contributed by atoms with van der Waals surface area (Å²) in [6.45, 7) is 4.06. The molecule has 9 nitrogen and oxygen atoms in total. The Morgan fingerprint density at radius 1 is 1.03 bits per heavy atom. The molecule has 4 aromatic heterocycles. The van der Waals surface area contributed by atoms with Gasteiger partial charge >= 0.3 is 5.97 Å². The summed E-state index contributed by atoms with van der Waals surface area (Å²) in [5, 5.41) is 0. The molecule has 0 fully saturated rings. The molecule has 0 amide bonds. The lowest BCUT2D eigenvalue weighted by Crippen LogP contribution is -2.32. The number of benzene rings is 1. The van der Waals surface area contributed by atoms with E-state index < -0.39 is 17.2 Å². The highest BCUT2D eigenvalue weighted by molar-refractivity contribution is 5.87. The summed E-state index contributed by atoms with van der Waals surface area (Å²) in [5.41, 5.74) is 3.34. The quantitative estimate of drug-likeness (QED) is 0.348. The molecule has 5 heterocycles. The summed E-state index contributed by atoms with van der Waals surface area (Å²) in [7, 11) is 1.30. The van der Waals surface area contributed by atoms with Gasteiger partial charge in [0.25, 0.3) is 0 Å². The van der Waals surface area contributed by atoms with E-state index in [-0.39, 0.29) is 23.2 Å². The largest absolute Gasteiger partial charge is 0.464 e. The number of H-pyrrole nitrogens is 1. The first-order chi connectivity index (χ1) is 17.9. The van der Waals surface area contributed by atoms with Crippen LogP contribution in [0, 0.1) is 5.82 Å². The number of hydrogen-bond donors (Lipinski definition) is 1. The number of para-hydroxylation sites is 1. The van der Waals surface area contributed by atoms with Crippen molar-refractivity contribution in [3.63, 3.8) is 0 Å². The molecule has 0 aliphatic carbocycles. The van der Waals surface area contributed by atoms with Crippen molar-refractivity contribution in [1.82, 2.24) is 29.9 Å². The minimum Gasteiger partial charge on any atom is -0.464 e. The molecule has 1 atom stereocenters. The van der Waals surface area contributed by atoms with Crippen LogP contribution in [0.2, 0.25) is 0 Å². The van der Waals surface area contributed by atoms with Crippen LogP contribution in [-0.4, -0.2) is 43.0 Å². The van der Waals surface area contributed by atoms with Crippen molar-refractivity contribution in [2.45, 2.75) is 25.2 Å². The van der Waals surface area contributed by atoms with Gasteiger partial charge in [0.05, 0.1) is 12.8 Å². The van der Waals surface area contributed by atoms with E-state index in [9.17, 15) is 4.79 Å². The van der Waals surface area contributed by atoms with Crippen molar-refractivity contribution >= 4 is 17.3 Å². The smallest absolute Gasteiger partial charge is 0.356 e. The third-order valence-electron chi connectivity index (χ3n) is 6.63. The zero-order valence-electron chi connectivity index (χ0n) is 20.2. The molecular formula is C27H21FN6O3. The topological polar surface area (TPSA) is 116 Å². The first-order valence-electron chi connectivity index (χ1n) is 11.6. The zero-order chi connectivity index (χ0) is 25.7. The highest BCUT2D eigenvalue weighted by Crippen LogP contribution is 2.52. The van der Waals surface area contributed by atoms with Crippen molar-refractivity contribution < 1.29 is 18.7 Å². The van der Waals surface area contributed by atoms with Crippen molar-refractivity contribution in [3.05, 3.63) is 89.5 Å². The van der Waals surface area contributed by atoms with Crippen LogP contribution in [0.4, 0.5) is 4.39 Å². The predicted molar refractivity (Wildman–Crippen MR) is 132 cm³/mol. The summed E-state index contributed by atoms with van der Waals surface area (Å²) < 4.78 is 25.8. The molecule has 10 heteroatoms. The van der Waals surface area contributed by atoms with Gasteiger partial charge in [0.15, 0.2) is 22.9 Å². The Balaban J connectivity index is 1.47. The van der Waals surface area contributed by atoms with Crippen LogP contribution in [0.3, 0.4) is 0 Å². The summed E-state index contributed by atoms with van der Waals surface area (Å²) in [4.78, 5) is 37.2. The van der Waals surface area contributed by atoms with Crippen molar-refractivity contribution in [3.8, 4) is 22.9 Å². The van der Waals surface area contributed by atoms with Gasteiger partial charge in [-0.05, 0) is 24.3 Å². The fourth-order valence-electron chi connectivity index (χ4n) is 4.77. The maximum atomic E-state index is 15.0. The Bertz CT molecular complexity index is 1630. The van der Waals surface area contributed by atoms with Gasteiger partial charge in [-0.15, -0.1) is 0 Å². The zero-order valence-corrected chi connectivity index (χ0v) is 20.2. The van der Waals surface area contributed by atoms with Gasteiger partial charge in [0, 0.05) is 46.6 Å². The number of aromatic amines is 1. The monoisotopic (exact) mass is 496 g/mol. The van der Waals surface area contributed by atoms with Gasteiger partial charge < -0.3 is 14.5 Å². The lowest BCUT2D eigenvalue weighted by Gasteiger charge is -2.37. The number of aromatic nitrogens is 6. The fraction of sp³-hybridized carbons (Fsp3) is 0.185. The van der Waals surface area contributed by atoms with Crippen molar-refractivity contribution in [2.24, 2.45) is 0 Å². The van der Waals surface area contributed by atoms with Crippen LogP contribution < -0.4 is 4.74 Å². The molecular weight excluding hydrogens is 475 g/mol. The third-order valence-corrected chi connectivity index (χ3v) is 6.63. The van der Waals surface area contributed by atoms with E-state index in [2.05, 4.69) is 19.9 Å². The molecule has 1 aliphatic rings. The molecule has 1 unspecified atom stereocenters. The van der Waals surface area contributed by atoms with E-state index in [1.165, 1.54) is 19.4 Å². The molecule has 5 aromatic rings. The average Bonchev–Trinajstić information content (AvgIpc) is 3.37. The molecule has 0 saturated heterocycles. The van der Waals surface area contributed by atoms with Gasteiger partial charge in [-0.3, -0.25) is 0 Å². The fourth-order valence-corrected chi connectivity index (χ4v) is 4.77. The molecule has 184 valence electrons. The van der Waals surface area contributed by atoms with Crippen LogP contribution >= 0.6 is 0 Å². The number of esters is 1. The molecule has 1 N–H and O–H groups in total. The van der Waals surface area contributed by atoms with Crippen LogP contribution in [0.1, 0.15) is 47.2 Å². The van der Waals surface area contributed by atoms with E-state index in [0.717, 1.165) is 5.56 Å². The number of hydrogen-bond acceptors (Lipinski definition) is 8. The first-order valence-corrected chi connectivity index (χ1v) is 11.6. The number of rotatable bonds is 4. The second-order valence-electron chi connectivity index (χ2n) is 9.24. The normalized spacial score (nSPS) is 14.5. The van der Waals surface area contributed by atoms with E-state index in [0.29, 0.717) is 33.9 Å². The number of pyridine rings is 2. The maximum Gasteiger partial charge on any atom is 0.356 e. The molecule has 0 radical (unpaired) electrons. The van der Waals surface area contributed by atoms with Gasteiger partial charge in [-0.25, -0.2) is 34.1 Å². The van der Waals surface area contributed by atoms with Gasteiger partial charge in [-0.2, -0.15) is 0 Å². The second kappa shape index (κ2) is 8.44. The molecule has 0 spiro atoms. The van der Waals surface area contributed by atoms with Crippen molar-refractivity contribution in [1.29, 1.82) is 0 Å². The molecule has 0 saturated carbocycles. The van der Waals surface area contributed by atoms with Gasteiger partial charge in [0.1, 0.15) is 11.5 Å². The van der Waals surface area contributed by atoms with Gasteiger partial charge in [0.2, 0.25) is 5.88 Å². The van der Waals surface area contributed by atoms with Crippen molar-refractivity contribution in [2.75, 3.05) is 7.11 Å². The molecule has 1 aliphatic heterocycles. The highest BCUT2D eigenvalue weighted by Gasteiger charge is 2.43. The minimum atomic E-state index is -0.642. The summed E-state index contributed by atoms with van der Waals surface area (Å²) in [6.07, 6.45) is 4.73. The van der Waals surface area contributed by atoms with E-state index in [4.69, 9.17) is 19.4 Å². The van der Waals surface area contributed by atoms with E-state index >= 15 is 4.39 Å². The number of carbonyl (C=O) groups is 1. The number of imidazole rings is 1. The maximum absolute atomic E-state index is 15.0. The second-order valence-corrected chi connectivity index (χ2v) is 9.24. The van der Waals surface area contributed by atoms with Crippen LogP contribution in [0.15, 0.2) is 61.1 Å². The standard InChI is InChI=1S/C27H21FN6O3/c1-27(2,26-33-22-23(34-26)30-12-11-29-22)20-15-5-4-6-17(28)21(15)37-24-16(20)8-10-18(32-24)14-7-9-19(31-13-14)25(35)36-3/h4-13,20H,1-3H3,(H,29,30,33,34). The average molecular weight is 497 g/mol. The number of nitrogens with one attached hydrogen (secondary N) is 1. The van der Waals surface area contributed by atoms with Crippen LogP contribution in [-0.2, 0) is 10.2 Å². The predicted octanol–water partition coefficient (Wildman–Crippen LogP) is 4.95. The molecule has 37 heavy (non-hydrogen) atoms. The number of ether oxygens (including phenoxy) is 2. The summed E-state index contributed by atoms with van der Waals surface area (Å²) in [5.74, 6) is -0.270. The summed E-state index contributed by atoms with van der Waals surface area (Å²) in [6, 6.07) is 12.0. The summed E-state index contributed by atoms with van der Waals surface area (Å²) >= 11 is 0. The van der Waals surface area contributed by atoms with Gasteiger partial charge in [-0.1, -0.05) is 32.0 Å².